The van der Waals surface area contributed by atoms with Crippen LogP contribution in [0.4, 0.5) is 8.78 Å². The molecule has 2 rings (SSSR count). The highest BCUT2D eigenvalue weighted by molar-refractivity contribution is 5.78. The zero-order valence-electron chi connectivity index (χ0n) is 14.0. The second kappa shape index (κ2) is 8.94. The largest absolute Gasteiger partial charge is 0.435 e. The Hall–Kier alpha value is -1.73. The molecule has 1 aliphatic rings. The first-order valence-electron chi connectivity index (χ1n) is 8.10. The SMILES string of the molecule is CC1CN(CC(=O)NCCc2ccc(OC(F)F)cc2)C(C)CO1. The van der Waals surface area contributed by atoms with Crippen molar-refractivity contribution in [1.29, 1.82) is 0 Å². The average Bonchev–Trinajstić information content (AvgIpc) is 2.52. The first-order valence-corrected chi connectivity index (χ1v) is 8.10. The predicted molar refractivity (Wildman–Crippen MR) is 86.2 cm³/mol. The molecular formula is C17H24F2N2O3. The molecule has 2 unspecified atom stereocenters. The Labute approximate surface area is 140 Å². The van der Waals surface area contributed by atoms with Gasteiger partial charge in [0.25, 0.3) is 0 Å². The van der Waals surface area contributed by atoms with E-state index < -0.39 is 6.61 Å². The minimum absolute atomic E-state index is 0.0198. The number of nitrogens with zero attached hydrogens (tertiary/aromatic N) is 1. The second-order valence-corrected chi connectivity index (χ2v) is 6.04. The lowest BCUT2D eigenvalue weighted by Crippen LogP contribution is -2.51. The third kappa shape index (κ3) is 6.05. The molecule has 0 aliphatic carbocycles. The third-order valence-corrected chi connectivity index (χ3v) is 3.97. The maximum absolute atomic E-state index is 12.1. The molecule has 1 aromatic rings. The number of hydrogen-bond acceptors (Lipinski definition) is 4. The lowest BCUT2D eigenvalue weighted by Gasteiger charge is -2.36. The number of amides is 1. The standard InChI is InChI=1S/C17H24F2N2O3/c1-12-11-23-13(2)9-21(12)10-16(22)20-8-7-14-3-5-15(6-4-14)24-17(18)19/h3-6,12-13,17H,7-11H2,1-2H3,(H,20,22). The molecule has 24 heavy (non-hydrogen) atoms. The topological polar surface area (TPSA) is 50.8 Å². The van der Waals surface area contributed by atoms with E-state index in [1.807, 2.05) is 13.8 Å². The van der Waals surface area contributed by atoms with Crippen molar-refractivity contribution in [1.82, 2.24) is 10.2 Å². The summed E-state index contributed by atoms with van der Waals surface area (Å²) in [6.07, 6.45) is 0.776. The fourth-order valence-corrected chi connectivity index (χ4v) is 2.62. The van der Waals surface area contributed by atoms with Gasteiger partial charge in [-0.15, -0.1) is 0 Å². The van der Waals surface area contributed by atoms with Gasteiger partial charge in [-0.2, -0.15) is 8.78 Å². The van der Waals surface area contributed by atoms with Crippen LogP contribution in [0.3, 0.4) is 0 Å². The number of halogens is 2. The van der Waals surface area contributed by atoms with Gasteiger partial charge in [-0.3, -0.25) is 9.69 Å². The first-order chi connectivity index (χ1) is 11.4. The van der Waals surface area contributed by atoms with Crippen molar-refractivity contribution in [2.24, 2.45) is 0 Å². The van der Waals surface area contributed by atoms with E-state index >= 15 is 0 Å². The smallest absolute Gasteiger partial charge is 0.387 e. The molecule has 7 heteroatoms. The van der Waals surface area contributed by atoms with Gasteiger partial charge in [0.05, 0.1) is 19.3 Å². The minimum Gasteiger partial charge on any atom is -0.435 e. The highest BCUT2D eigenvalue weighted by atomic mass is 19.3. The molecule has 2 atom stereocenters. The molecule has 1 aliphatic heterocycles. The summed E-state index contributed by atoms with van der Waals surface area (Å²) >= 11 is 0. The highest BCUT2D eigenvalue weighted by Crippen LogP contribution is 2.15. The molecule has 5 nitrogen and oxygen atoms in total. The average molecular weight is 342 g/mol. The molecule has 1 N–H and O–H groups in total. The Bertz CT molecular complexity index is 525. The van der Waals surface area contributed by atoms with Crippen LogP contribution in [0.15, 0.2) is 24.3 Å². The van der Waals surface area contributed by atoms with Gasteiger partial charge in [-0.05, 0) is 38.0 Å². The summed E-state index contributed by atoms with van der Waals surface area (Å²) in [5.74, 6) is 0.113. The molecule has 1 saturated heterocycles. The van der Waals surface area contributed by atoms with Crippen molar-refractivity contribution in [3.05, 3.63) is 29.8 Å². The number of benzene rings is 1. The van der Waals surface area contributed by atoms with Gasteiger partial charge < -0.3 is 14.8 Å². The van der Waals surface area contributed by atoms with E-state index in [9.17, 15) is 13.6 Å². The lowest BCUT2D eigenvalue weighted by atomic mass is 10.1. The fraction of sp³-hybridized carbons (Fsp3) is 0.588. The normalized spacial score (nSPS) is 21.7. The predicted octanol–water partition coefficient (Wildman–Crippen LogP) is 2.06. The van der Waals surface area contributed by atoms with Crippen LogP contribution in [-0.4, -0.2) is 55.8 Å². The monoisotopic (exact) mass is 342 g/mol. The van der Waals surface area contributed by atoms with E-state index in [4.69, 9.17) is 4.74 Å². The summed E-state index contributed by atoms with van der Waals surface area (Å²) in [7, 11) is 0. The Morgan fingerprint density at radius 1 is 1.38 bits per heavy atom. The molecule has 0 bridgehead atoms. The summed E-state index contributed by atoms with van der Waals surface area (Å²) in [5.41, 5.74) is 0.949. The molecular weight excluding hydrogens is 318 g/mol. The van der Waals surface area contributed by atoms with Gasteiger partial charge in [-0.25, -0.2) is 0 Å². The summed E-state index contributed by atoms with van der Waals surface area (Å²) in [4.78, 5) is 14.1. The Kier molecular flexibility index (Phi) is 6.93. The molecule has 1 aromatic carbocycles. The van der Waals surface area contributed by atoms with Crippen molar-refractivity contribution in [2.75, 3.05) is 26.2 Å². The molecule has 0 saturated carbocycles. The van der Waals surface area contributed by atoms with Crippen molar-refractivity contribution in [3.63, 3.8) is 0 Å². The van der Waals surface area contributed by atoms with E-state index in [0.717, 1.165) is 12.1 Å². The van der Waals surface area contributed by atoms with Gasteiger partial charge in [0, 0.05) is 19.1 Å². The molecule has 0 spiro atoms. The van der Waals surface area contributed by atoms with E-state index in [-0.39, 0.29) is 23.8 Å². The molecule has 0 radical (unpaired) electrons. The molecule has 1 fully saturated rings. The number of carbonyl (C=O) groups excluding carboxylic acids is 1. The van der Waals surface area contributed by atoms with Gasteiger partial charge in [0.15, 0.2) is 0 Å². The van der Waals surface area contributed by atoms with Crippen LogP contribution in [-0.2, 0) is 16.0 Å². The van der Waals surface area contributed by atoms with Crippen LogP contribution in [0.1, 0.15) is 19.4 Å². The Morgan fingerprint density at radius 3 is 2.75 bits per heavy atom. The maximum atomic E-state index is 12.1. The molecule has 134 valence electrons. The number of morpholine rings is 1. The molecule has 1 heterocycles. The number of alkyl halides is 2. The van der Waals surface area contributed by atoms with Crippen LogP contribution >= 0.6 is 0 Å². The Balaban J connectivity index is 1.70. The van der Waals surface area contributed by atoms with Gasteiger partial charge in [-0.1, -0.05) is 12.1 Å². The number of ether oxygens (including phenoxy) is 2. The van der Waals surface area contributed by atoms with Crippen LogP contribution in [0.2, 0.25) is 0 Å². The number of hydrogen-bond donors (Lipinski definition) is 1. The lowest BCUT2D eigenvalue weighted by molar-refractivity contribution is -0.125. The number of nitrogens with one attached hydrogen (secondary N) is 1. The van der Waals surface area contributed by atoms with Crippen molar-refractivity contribution in [3.8, 4) is 5.75 Å². The van der Waals surface area contributed by atoms with E-state index in [2.05, 4.69) is 15.0 Å². The van der Waals surface area contributed by atoms with Gasteiger partial charge in [0.2, 0.25) is 5.91 Å². The zero-order valence-corrected chi connectivity index (χ0v) is 14.0. The van der Waals surface area contributed by atoms with E-state index in [1.165, 1.54) is 12.1 Å². The van der Waals surface area contributed by atoms with Crippen molar-refractivity contribution in [2.45, 2.75) is 39.0 Å². The van der Waals surface area contributed by atoms with Crippen LogP contribution in [0, 0.1) is 0 Å². The number of rotatable bonds is 7. The molecule has 1 amide bonds. The highest BCUT2D eigenvalue weighted by Gasteiger charge is 2.24. The zero-order chi connectivity index (χ0) is 17.5. The summed E-state index contributed by atoms with van der Waals surface area (Å²) < 4.78 is 34.0. The summed E-state index contributed by atoms with van der Waals surface area (Å²) in [6, 6.07) is 6.67. The summed E-state index contributed by atoms with van der Waals surface area (Å²) in [5, 5.41) is 2.89. The third-order valence-electron chi connectivity index (χ3n) is 3.97. The Morgan fingerprint density at radius 2 is 2.08 bits per heavy atom. The quantitative estimate of drug-likeness (QED) is 0.824. The second-order valence-electron chi connectivity index (χ2n) is 6.04. The summed E-state index contributed by atoms with van der Waals surface area (Å²) in [6.45, 7) is 3.47. The minimum atomic E-state index is -2.82. The first kappa shape index (κ1) is 18.6. The molecule has 0 aromatic heterocycles. The van der Waals surface area contributed by atoms with Crippen molar-refractivity contribution < 1.29 is 23.0 Å². The van der Waals surface area contributed by atoms with E-state index in [0.29, 0.717) is 26.1 Å². The van der Waals surface area contributed by atoms with Crippen LogP contribution < -0.4 is 10.1 Å². The van der Waals surface area contributed by atoms with Crippen LogP contribution in [0.5, 0.6) is 5.75 Å². The number of carbonyl (C=O) groups is 1. The maximum Gasteiger partial charge on any atom is 0.387 e. The fourth-order valence-electron chi connectivity index (χ4n) is 2.62. The van der Waals surface area contributed by atoms with E-state index in [1.54, 1.807) is 12.1 Å². The van der Waals surface area contributed by atoms with Gasteiger partial charge in [0.1, 0.15) is 5.75 Å². The van der Waals surface area contributed by atoms with Crippen LogP contribution in [0.25, 0.3) is 0 Å². The van der Waals surface area contributed by atoms with Crippen molar-refractivity contribution >= 4 is 5.91 Å². The van der Waals surface area contributed by atoms with Gasteiger partial charge >= 0.3 is 6.61 Å².